The topological polar surface area (TPSA) is 84.5 Å². The van der Waals surface area contributed by atoms with E-state index in [-0.39, 0.29) is 18.2 Å². The van der Waals surface area contributed by atoms with Crippen LogP contribution in [0.15, 0.2) is 42.5 Å². The molecule has 0 heterocycles. The molecule has 0 aliphatic carbocycles. The molecule has 0 atom stereocenters. The van der Waals surface area contributed by atoms with E-state index in [0.29, 0.717) is 16.9 Å². The van der Waals surface area contributed by atoms with Gasteiger partial charge >= 0.3 is 5.97 Å². The summed E-state index contributed by atoms with van der Waals surface area (Å²) in [4.78, 5) is 34.7. The lowest BCUT2D eigenvalue weighted by molar-refractivity contribution is -0.116. The van der Waals surface area contributed by atoms with Gasteiger partial charge < -0.3 is 15.4 Å². The average Bonchev–Trinajstić information content (AvgIpc) is 2.57. The van der Waals surface area contributed by atoms with Crippen LogP contribution in [0.2, 0.25) is 0 Å². The van der Waals surface area contributed by atoms with Crippen LogP contribution in [-0.4, -0.2) is 24.9 Å². The Morgan fingerprint density at radius 1 is 1.00 bits per heavy atom. The van der Waals surface area contributed by atoms with Crippen molar-refractivity contribution in [3.63, 3.8) is 0 Å². The van der Waals surface area contributed by atoms with E-state index in [1.54, 1.807) is 42.5 Å². The number of ether oxygens (including phenoxy) is 1. The van der Waals surface area contributed by atoms with E-state index in [1.807, 2.05) is 6.92 Å². The van der Waals surface area contributed by atoms with Gasteiger partial charge in [-0.15, -0.1) is 0 Å². The smallest absolute Gasteiger partial charge is 0.337 e. The molecule has 2 N–H and O–H groups in total. The first kappa shape index (κ1) is 18.2. The van der Waals surface area contributed by atoms with Gasteiger partial charge in [0.05, 0.1) is 19.1 Å². The Balaban J connectivity index is 2.00. The van der Waals surface area contributed by atoms with Crippen molar-refractivity contribution in [2.45, 2.75) is 20.3 Å². The molecule has 130 valence electrons. The predicted octanol–water partition coefficient (Wildman–Crippen LogP) is 2.92. The minimum atomic E-state index is -0.416. The number of rotatable bonds is 5. The van der Waals surface area contributed by atoms with E-state index in [4.69, 9.17) is 0 Å². The van der Waals surface area contributed by atoms with Crippen molar-refractivity contribution >= 4 is 29.2 Å². The second-order valence-electron chi connectivity index (χ2n) is 5.62. The molecule has 6 heteroatoms. The molecule has 2 amide bonds. The molecule has 2 rings (SSSR count). The van der Waals surface area contributed by atoms with Crippen LogP contribution in [-0.2, 0) is 20.7 Å². The summed E-state index contributed by atoms with van der Waals surface area (Å²) in [6.45, 7) is 3.25. The van der Waals surface area contributed by atoms with Crippen molar-refractivity contribution < 1.29 is 19.1 Å². The maximum Gasteiger partial charge on any atom is 0.337 e. The molecule has 2 aromatic carbocycles. The van der Waals surface area contributed by atoms with Crippen molar-refractivity contribution in [3.05, 3.63) is 59.2 Å². The first-order chi connectivity index (χ1) is 11.9. The van der Waals surface area contributed by atoms with Gasteiger partial charge in [0.2, 0.25) is 11.8 Å². The number of anilines is 2. The highest BCUT2D eigenvalue weighted by atomic mass is 16.5. The van der Waals surface area contributed by atoms with E-state index < -0.39 is 5.97 Å². The van der Waals surface area contributed by atoms with Crippen LogP contribution in [0.5, 0.6) is 0 Å². The van der Waals surface area contributed by atoms with Gasteiger partial charge in [-0.3, -0.25) is 9.59 Å². The monoisotopic (exact) mass is 340 g/mol. The zero-order valence-corrected chi connectivity index (χ0v) is 14.4. The molecular formula is C19H20N2O4. The molecule has 0 aliphatic heterocycles. The van der Waals surface area contributed by atoms with E-state index >= 15 is 0 Å². The Bertz CT molecular complexity index is 798. The first-order valence-corrected chi connectivity index (χ1v) is 7.74. The second-order valence-corrected chi connectivity index (χ2v) is 5.62. The summed E-state index contributed by atoms with van der Waals surface area (Å²) in [5.74, 6) is -0.724. The number of carbonyl (C=O) groups excluding carboxylic acids is 3. The van der Waals surface area contributed by atoms with Crippen LogP contribution in [0.3, 0.4) is 0 Å². The number of methoxy groups -OCH3 is 1. The number of nitrogens with one attached hydrogen (secondary N) is 2. The third kappa shape index (κ3) is 5.17. The summed E-state index contributed by atoms with van der Waals surface area (Å²) in [5, 5.41) is 5.50. The quantitative estimate of drug-likeness (QED) is 0.820. The summed E-state index contributed by atoms with van der Waals surface area (Å²) in [7, 11) is 1.32. The molecule has 0 aliphatic rings. The number of hydrogen-bond acceptors (Lipinski definition) is 4. The van der Waals surface area contributed by atoms with Gasteiger partial charge in [-0.1, -0.05) is 12.1 Å². The predicted molar refractivity (Wildman–Crippen MR) is 95.6 cm³/mol. The van der Waals surface area contributed by atoms with Crippen molar-refractivity contribution in [3.8, 4) is 0 Å². The molecule has 0 saturated heterocycles. The summed E-state index contributed by atoms with van der Waals surface area (Å²) >= 11 is 0. The van der Waals surface area contributed by atoms with E-state index in [0.717, 1.165) is 11.1 Å². The van der Waals surface area contributed by atoms with Crippen molar-refractivity contribution in [1.82, 2.24) is 0 Å². The maximum absolute atomic E-state index is 12.2. The normalized spacial score (nSPS) is 10.0. The number of aryl methyl sites for hydroxylation is 1. The van der Waals surface area contributed by atoms with Gasteiger partial charge in [-0.25, -0.2) is 4.79 Å². The van der Waals surface area contributed by atoms with Gasteiger partial charge in [0.15, 0.2) is 0 Å². The molecular weight excluding hydrogens is 320 g/mol. The minimum absolute atomic E-state index is 0.142. The fraction of sp³-hybridized carbons (Fsp3) is 0.211. The average molecular weight is 340 g/mol. The second kappa shape index (κ2) is 8.10. The molecule has 0 fully saturated rings. The summed E-state index contributed by atoms with van der Waals surface area (Å²) < 4.78 is 4.67. The third-order valence-electron chi connectivity index (χ3n) is 3.56. The Kier molecular flexibility index (Phi) is 5.89. The van der Waals surface area contributed by atoms with Crippen LogP contribution in [0.1, 0.15) is 28.4 Å². The van der Waals surface area contributed by atoms with Crippen LogP contribution < -0.4 is 10.6 Å². The van der Waals surface area contributed by atoms with Gasteiger partial charge in [-0.05, 0) is 48.4 Å². The van der Waals surface area contributed by atoms with E-state index in [2.05, 4.69) is 15.4 Å². The highest BCUT2D eigenvalue weighted by Crippen LogP contribution is 2.18. The van der Waals surface area contributed by atoms with E-state index in [9.17, 15) is 14.4 Å². The summed E-state index contributed by atoms with van der Waals surface area (Å²) in [6.07, 6.45) is 0.207. The Morgan fingerprint density at radius 2 is 1.68 bits per heavy atom. The molecule has 0 unspecified atom stereocenters. The van der Waals surface area contributed by atoms with Gasteiger partial charge in [0.25, 0.3) is 0 Å². The van der Waals surface area contributed by atoms with Gasteiger partial charge in [-0.2, -0.15) is 0 Å². The standard InChI is InChI=1S/C19H20N2O4/c1-12-10-15(19(24)25-3)6-9-17(12)21-18(23)11-14-4-7-16(8-5-14)20-13(2)22/h4-10H,11H2,1-3H3,(H,20,22)(H,21,23). The fourth-order valence-corrected chi connectivity index (χ4v) is 2.34. The first-order valence-electron chi connectivity index (χ1n) is 7.74. The SMILES string of the molecule is COC(=O)c1ccc(NC(=O)Cc2ccc(NC(C)=O)cc2)c(C)c1. The van der Waals surface area contributed by atoms with Gasteiger partial charge in [0.1, 0.15) is 0 Å². The fourth-order valence-electron chi connectivity index (χ4n) is 2.34. The molecule has 0 radical (unpaired) electrons. The zero-order valence-electron chi connectivity index (χ0n) is 14.4. The summed E-state index contributed by atoms with van der Waals surface area (Å²) in [6, 6.07) is 12.0. The number of carbonyl (C=O) groups is 3. The lowest BCUT2D eigenvalue weighted by Crippen LogP contribution is -2.15. The summed E-state index contributed by atoms with van der Waals surface area (Å²) in [5.41, 5.74) is 3.37. The van der Waals surface area contributed by atoms with Crippen LogP contribution >= 0.6 is 0 Å². The van der Waals surface area contributed by atoms with Crippen LogP contribution in [0, 0.1) is 6.92 Å². The Hall–Kier alpha value is -3.15. The van der Waals surface area contributed by atoms with E-state index in [1.165, 1.54) is 14.0 Å². The minimum Gasteiger partial charge on any atom is -0.465 e. The lowest BCUT2D eigenvalue weighted by Gasteiger charge is -2.10. The highest BCUT2D eigenvalue weighted by Gasteiger charge is 2.10. The number of amides is 2. The molecule has 6 nitrogen and oxygen atoms in total. The highest BCUT2D eigenvalue weighted by molar-refractivity contribution is 5.95. The maximum atomic E-state index is 12.2. The number of benzene rings is 2. The van der Waals surface area contributed by atoms with Crippen LogP contribution in [0.25, 0.3) is 0 Å². The number of esters is 1. The zero-order chi connectivity index (χ0) is 18.4. The molecule has 0 aromatic heterocycles. The Labute approximate surface area is 146 Å². The molecule has 0 saturated carbocycles. The molecule has 2 aromatic rings. The largest absolute Gasteiger partial charge is 0.465 e. The van der Waals surface area contributed by atoms with Crippen LogP contribution in [0.4, 0.5) is 11.4 Å². The molecule has 0 bridgehead atoms. The molecule has 0 spiro atoms. The van der Waals surface area contributed by atoms with Crippen molar-refractivity contribution in [2.24, 2.45) is 0 Å². The number of hydrogen-bond donors (Lipinski definition) is 2. The Morgan fingerprint density at radius 3 is 2.24 bits per heavy atom. The van der Waals surface area contributed by atoms with Gasteiger partial charge in [0, 0.05) is 18.3 Å². The van der Waals surface area contributed by atoms with Crippen molar-refractivity contribution in [1.29, 1.82) is 0 Å². The van der Waals surface area contributed by atoms with Crippen molar-refractivity contribution in [2.75, 3.05) is 17.7 Å². The lowest BCUT2D eigenvalue weighted by atomic mass is 10.1. The third-order valence-corrected chi connectivity index (χ3v) is 3.56. The molecule has 25 heavy (non-hydrogen) atoms.